The molecular weight excluding hydrogens is 399 g/mol. The third kappa shape index (κ3) is 3.88. The fourth-order valence-electron chi connectivity index (χ4n) is 4.90. The van der Waals surface area contributed by atoms with Gasteiger partial charge in [0.15, 0.2) is 6.04 Å². The van der Waals surface area contributed by atoms with E-state index < -0.39 is 12.2 Å². The Kier molecular flexibility index (Phi) is 5.44. The standard InChI is InChI=1S/C20H28F3N5O2/c1-3-26-11-14(8-18(26)29)19(30)27-6-4-5-13(10-27)15-9-17-24-12(2)7-16(20(21,22)23)28(17)25-15/h9,12-14,16,24H,3-8,10-11H2,1-2H3/t12-,13+,14+,16-/m1/s1. The molecule has 4 rings (SSSR count). The molecule has 7 nitrogen and oxygen atoms in total. The molecule has 0 radical (unpaired) electrons. The second-order valence-corrected chi connectivity index (χ2v) is 8.69. The second-order valence-electron chi connectivity index (χ2n) is 8.69. The fourth-order valence-corrected chi connectivity index (χ4v) is 4.90. The van der Waals surface area contributed by atoms with Crippen molar-refractivity contribution in [1.82, 2.24) is 19.6 Å². The zero-order valence-corrected chi connectivity index (χ0v) is 17.3. The number of hydrogen-bond acceptors (Lipinski definition) is 4. The maximum Gasteiger partial charge on any atom is 0.410 e. The lowest BCUT2D eigenvalue weighted by Crippen LogP contribution is -2.43. The molecule has 2 saturated heterocycles. The molecule has 3 aliphatic heterocycles. The zero-order chi connectivity index (χ0) is 21.6. The number of fused-ring (bicyclic) bond motifs is 1. The summed E-state index contributed by atoms with van der Waals surface area (Å²) in [5.74, 6) is -0.0818. The van der Waals surface area contributed by atoms with Crippen LogP contribution in [0.5, 0.6) is 0 Å². The summed E-state index contributed by atoms with van der Waals surface area (Å²) in [5.41, 5.74) is 0.594. The molecule has 166 valence electrons. The van der Waals surface area contributed by atoms with E-state index in [0.29, 0.717) is 37.7 Å². The average molecular weight is 427 g/mol. The lowest BCUT2D eigenvalue weighted by atomic mass is 9.93. The van der Waals surface area contributed by atoms with Gasteiger partial charge < -0.3 is 15.1 Å². The molecule has 2 amide bonds. The Bertz CT molecular complexity index is 824. The van der Waals surface area contributed by atoms with Gasteiger partial charge in [0.05, 0.1) is 11.6 Å². The van der Waals surface area contributed by atoms with Crippen LogP contribution in [0.1, 0.15) is 57.2 Å². The quantitative estimate of drug-likeness (QED) is 0.806. The highest BCUT2D eigenvalue weighted by atomic mass is 19.4. The summed E-state index contributed by atoms with van der Waals surface area (Å²) in [5, 5.41) is 7.41. The summed E-state index contributed by atoms with van der Waals surface area (Å²) in [6, 6.07) is -0.229. The van der Waals surface area contributed by atoms with Crippen LogP contribution >= 0.6 is 0 Å². The van der Waals surface area contributed by atoms with Crippen LogP contribution in [-0.2, 0) is 9.59 Å². The number of carbonyl (C=O) groups is 2. The van der Waals surface area contributed by atoms with Crippen LogP contribution < -0.4 is 5.32 Å². The van der Waals surface area contributed by atoms with Gasteiger partial charge in [0.1, 0.15) is 5.82 Å². The molecule has 1 aromatic rings. The van der Waals surface area contributed by atoms with Gasteiger partial charge in [-0.15, -0.1) is 0 Å². The van der Waals surface area contributed by atoms with Crippen molar-refractivity contribution in [2.75, 3.05) is 31.5 Å². The number of aromatic nitrogens is 2. The van der Waals surface area contributed by atoms with Gasteiger partial charge in [0.2, 0.25) is 11.8 Å². The van der Waals surface area contributed by atoms with Gasteiger partial charge in [0, 0.05) is 50.6 Å². The maximum absolute atomic E-state index is 13.5. The highest BCUT2D eigenvalue weighted by molar-refractivity contribution is 5.89. The summed E-state index contributed by atoms with van der Waals surface area (Å²) in [6.07, 6.45) is -2.64. The number of likely N-dealkylation sites (tertiary alicyclic amines) is 2. The summed E-state index contributed by atoms with van der Waals surface area (Å²) >= 11 is 0. The van der Waals surface area contributed by atoms with Gasteiger partial charge in [-0.1, -0.05) is 0 Å². The molecule has 0 saturated carbocycles. The molecule has 30 heavy (non-hydrogen) atoms. The zero-order valence-electron chi connectivity index (χ0n) is 17.3. The number of alkyl halides is 3. The molecule has 0 aromatic carbocycles. The van der Waals surface area contributed by atoms with E-state index in [9.17, 15) is 22.8 Å². The Labute approximate surface area is 173 Å². The predicted octanol–water partition coefficient (Wildman–Crippen LogP) is 2.77. The van der Waals surface area contributed by atoms with E-state index in [1.165, 1.54) is 0 Å². The van der Waals surface area contributed by atoms with Crippen LogP contribution in [0.25, 0.3) is 0 Å². The van der Waals surface area contributed by atoms with Crippen molar-refractivity contribution >= 4 is 17.6 Å². The number of hydrogen-bond donors (Lipinski definition) is 1. The molecule has 0 spiro atoms. The fraction of sp³-hybridized carbons (Fsp3) is 0.750. The minimum absolute atomic E-state index is 0.00423. The lowest BCUT2D eigenvalue weighted by molar-refractivity contribution is -0.173. The largest absolute Gasteiger partial charge is 0.410 e. The van der Waals surface area contributed by atoms with Crippen LogP contribution in [0.2, 0.25) is 0 Å². The third-order valence-electron chi connectivity index (χ3n) is 6.50. The van der Waals surface area contributed by atoms with E-state index in [1.807, 2.05) is 6.92 Å². The van der Waals surface area contributed by atoms with Crippen molar-refractivity contribution in [3.63, 3.8) is 0 Å². The van der Waals surface area contributed by atoms with E-state index >= 15 is 0 Å². The normalized spacial score (nSPS) is 29.7. The Balaban J connectivity index is 1.49. The van der Waals surface area contributed by atoms with E-state index in [0.717, 1.165) is 17.5 Å². The SMILES string of the molecule is CCN1C[C@@H](C(=O)N2CCC[C@H](c3cc4n(n3)[C@@H](C(F)(F)F)C[C@@H](C)N4)C2)CC1=O. The minimum atomic E-state index is -4.36. The number of amides is 2. The first-order valence-corrected chi connectivity index (χ1v) is 10.7. The molecular formula is C20H28F3N5O2. The van der Waals surface area contributed by atoms with Crippen molar-refractivity contribution in [3.05, 3.63) is 11.8 Å². The number of carbonyl (C=O) groups excluding carboxylic acids is 2. The van der Waals surface area contributed by atoms with Gasteiger partial charge in [-0.25, -0.2) is 4.68 Å². The molecule has 3 aliphatic rings. The molecule has 4 atom stereocenters. The molecule has 2 fully saturated rings. The molecule has 1 N–H and O–H groups in total. The van der Waals surface area contributed by atoms with Gasteiger partial charge in [-0.3, -0.25) is 9.59 Å². The van der Waals surface area contributed by atoms with Crippen molar-refractivity contribution in [3.8, 4) is 0 Å². The van der Waals surface area contributed by atoms with Crippen molar-refractivity contribution < 1.29 is 22.8 Å². The highest BCUT2D eigenvalue weighted by Crippen LogP contribution is 2.40. The molecule has 0 bridgehead atoms. The van der Waals surface area contributed by atoms with Gasteiger partial charge in [0.25, 0.3) is 0 Å². The first-order chi connectivity index (χ1) is 14.2. The number of nitrogens with one attached hydrogen (secondary N) is 1. The van der Waals surface area contributed by atoms with Crippen LogP contribution in [0.15, 0.2) is 6.07 Å². The molecule has 0 unspecified atom stereocenters. The van der Waals surface area contributed by atoms with Gasteiger partial charge in [-0.2, -0.15) is 18.3 Å². The number of piperidine rings is 1. The monoisotopic (exact) mass is 427 g/mol. The smallest absolute Gasteiger partial charge is 0.368 e. The molecule has 0 aliphatic carbocycles. The first-order valence-electron chi connectivity index (χ1n) is 10.7. The van der Waals surface area contributed by atoms with E-state index in [4.69, 9.17) is 0 Å². The van der Waals surface area contributed by atoms with Gasteiger partial charge in [-0.05, 0) is 33.1 Å². The van der Waals surface area contributed by atoms with Crippen LogP contribution in [0, 0.1) is 5.92 Å². The summed E-state index contributed by atoms with van der Waals surface area (Å²) < 4.78 is 41.6. The Morgan fingerprint density at radius 1 is 1.33 bits per heavy atom. The van der Waals surface area contributed by atoms with Crippen LogP contribution in [0.3, 0.4) is 0 Å². The van der Waals surface area contributed by atoms with Crippen molar-refractivity contribution in [2.24, 2.45) is 5.92 Å². The minimum Gasteiger partial charge on any atom is -0.368 e. The topological polar surface area (TPSA) is 70.5 Å². The molecule has 4 heterocycles. The Hall–Kier alpha value is -2.26. The van der Waals surface area contributed by atoms with Gasteiger partial charge >= 0.3 is 6.18 Å². The average Bonchev–Trinajstić information content (AvgIpc) is 3.29. The third-order valence-corrected chi connectivity index (χ3v) is 6.50. The van der Waals surface area contributed by atoms with Crippen molar-refractivity contribution in [2.45, 2.75) is 63.7 Å². The number of anilines is 1. The highest BCUT2D eigenvalue weighted by Gasteiger charge is 2.46. The second kappa shape index (κ2) is 7.77. The number of rotatable bonds is 3. The van der Waals surface area contributed by atoms with E-state index in [1.54, 1.807) is 22.8 Å². The summed E-state index contributed by atoms with van der Waals surface area (Å²) in [7, 11) is 0. The molecule has 10 heteroatoms. The predicted molar refractivity (Wildman–Crippen MR) is 104 cm³/mol. The van der Waals surface area contributed by atoms with E-state index in [-0.39, 0.29) is 42.5 Å². The number of nitrogens with zero attached hydrogens (tertiary/aromatic N) is 4. The van der Waals surface area contributed by atoms with Crippen LogP contribution in [0.4, 0.5) is 19.0 Å². The Morgan fingerprint density at radius 3 is 2.77 bits per heavy atom. The van der Waals surface area contributed by atoms with Crippen LogP contribution in [-0.4, -0.2) is 69.8 Å². The Morgan fingerprint density at radius 2 is 2.10 bits per heavy atom. The first kappa shape index (κ1) is 21.0. The number of halogens is 3. The lowest BCUT2D eigenvalue weighted by Gasteiger charge is -2.33. The summed E-state index contributed by atoms with van der Waals surface area (Å²) in [4.78, 5) is 28.4. The van der Waals surface area contributed by atoms with Crippen molar-refractivity contribution in [1.29, 1.82) is 0 Å². The molecule has 1 aromatic heterocycles. The summed E-state index contributed by atoms with van der Waals surface area (Å²) in [6.45, 7) is 5.71. The van der Waals surface area contributed by atoms with E-state index in [2.05, 4.69) is 10.4 Å². The maximum atomic E-state index is 13.5.